The Kier molecular flexibility index (Phi) is 14.1. The summed E-state index contributed by atoms with van der Waals surface area (Å²) in [5, 5.41) is 34.0. The Morgan fingerprint density at radius 3 is 1.86 bits per heavy atom. The summed E-state index contributed by atoms with van der Waals surface area (Å²) in [6.45, 7) is 3.26. The Hall–Kier alpha value is -3.95. The normalized spacial score (nSPS) is 14.0. The third-order valence-electron chi connectivity index (χ3n) is 4.82. The van der Waals surface area contributed by atoms with E-state index in [4.69, 9.17) is 27.4 Å². The summed E-state index contributed by atoms with van der Waals surface area (Å²) >= 11 is 0. The summed E-state index contributed by atoms with van der Waals surface area (Å²) in [4.78, 5) is 74.9. The molecule has 0 aliphatic heterocycles. The second kappa shape index (κ2) is 15.9. The van der Waals surface area contributed by atoms with E-state index < -0.39 is 78.6 Å². The molecule has 0 heterocycles. The molecule has 16 nitrogen and oxygen atoms in total. The highest BCUT2D eigenvalue weighted by Crippen LogP contribution is 2.07. The maximum absolute atomic E-state index is 12.8. The van der Waals surface area contributed by atoms with E-state index in [2.05, 4.69) is 20.9 Å². The van der Waals surface area contributed by atoms with Crippen LogP contribution in [-0.4, -0.2) is 87.6 Å². The van der Waals surface area contributed by atoms with E-state index in [1.165, 1.54) is 0 Å². The molecule has 0 radical (unpaired) electrons. The van der Waals surface area contributed by atoms with Crippen molar-refractivity contribution in [2.75, 3.05) is 6.54 Å². The number of carbonyl (C=O) groups is 6. The first-order chi connectivity index (χ1) is 16.6. The van der Waals surface area contributed by atoms with Crippen LogP contribution < -0.4 is 33.2 Å². The highest BCUT2D eigenvalue weighted by Gasteiger charge is 2.32. The third-order valence-corrected chi connectivity index (χ3v) is 4.82. The van der Waals surface area contributed by atoms with Crippen LogP contribution in [0.3, 0.4) is 0 Å². The van der Waals surface area contributed by atoms with Gasteiger partial charge in [0.25, 0.3) is 0 Å². The lowest BCUT2D eigenvalue weighted by atomic mass is 10.0. The van der Waals surface area contributed by atoms with Crippen LogP contribution in [0.5, 0.6) is 0 Å². The van der Waals surface area contributed by atoms with Crippen LogP contribution in [0, 0.1) is 5.92 Å². The number of aliphatic imine (C=N–C) groups is 1. The van der Waals surface area contributed by atoms with E-state index in [0.717, 1.165) is 0 Å². The van der Waals surface area contributed by atoms with Crippen LogP contribution >= 0.6 is 0 Å². The fraction of sp³-hybridized carbons (Fsp3) is 0.650. The quantitative estimate of drug-likeness (QED) is 0.0526. The molecule has 12 N–H and O–H groups in total. The van der Waals surface area contributed by atoms with Gasteiger partial charge < -0.3 is 48.5 Å². The fourth-order valence-electron chi connectivity index (χ4n) is 2.88. The SMILES string of the molecule is CC(C)C(NC(=O)C(CC(=O)O)NC(=O)C(N)CCC(=O)O)C(=O)NC(CCCN=C(N)N)C(=O)O. The summed E-state index contributed by atoms with van der Waals surface area (Å²) < 4.78 is 0. The molecule has 0 aromatic rings. The molecule has 204 valence electrons. The predicted octanol–water partition coefficient (Wildman–Crippen LogP) is -3.10. The van der Waals surface area contributed by atoms with Crippen molar-refractivity contribution in [3.05, 3.63) is 0 Å². The molecule has 4 unspecified atom stereocenters. The number of hydrogen-bond donors (Lipinski definition) is 9. The van der Waals surface area contributed by atoms with Gasteiger partial charge >= 0.3 is 17.9 Å². The van der Waals surface area contributed by atoms with Crippen molar-refractivity contribution in [1.29, 1.82) is 0 Å². The average Bonchev–Trinajstić information content (AvgIpc) is 2.75. The molecule has 0 aromatic heterocycles. The van der Waals surface area contributed by atoms with E-state index in [-0.39, 0.29) is 31.8 Å². The summed E-state index contributed by atoms with van der Waals surface area (Å²) in [5.41, 5.74) is 16.0. The Morgan fingerprint density at radius 1 is 0.806 bits per heavy atom. The lowest BCUT2D eigenvalue weighted by Crippen LogP contribution is -2.58. The van der Waals surface area contributed by atoms with E-state index >= 15 is 0 Å². The minimum absolute atomic E-state index is 0.0114. The van der Waals surface area contributed by atoms with Crippen molar-refractivity contribution in [2.24, 2.45) is 28.1 Å². The van der Waals surface area contributed by atoms with Gasteiger partial charge in [0.2, 0.25) is 17.7 Å². The molecule has 0 rings (SSSR count). The van der Waals surface area contributed by atoms with Crippen molar-refractivity contribution in [3.8, 4) is 0 Å². The number of amides is 3. The van der Waals surface area contributed by atoms with Gasteiger partial charge in [-0.05, 0) is 25.2 Å². The van der Waals surface area contributed by atoms with Crippen LogP contribution in [0.1, 0.15) is 46.0 Å². The van der Waals surface area contributed by atoms with Gasteiger partial charge in [-0.1, -0.05) is 13.8 Å². The molecule has 0 saturated carbocycles. The summed E-state index contributed by atoms with van der Waals surface area (Å²) in [6, 6.07) is -5.53. The van der Waals surface area contributed by atoms with Crippen molar-refractivity contribution in [2.45, 2.75) is 70.1 Å². The topological polar surface area (TPSA) is 290 Å². The van der Waals surface area contributed by atoms with Crippen LogP contribution in [0.4, 0.5) is 0 Å². The maximum atomic E-state index is 12.8. The molecule has 16 heteroatoms. The zero-order chi connectivity index (χ0) is 28.0. The highest BCUT2D eigenvalue weighted by atomic mass is 16.4. The number of nitrogens with one attached hydrogen (secondary N) is 3. The number of rotatable bonds is 17. The van der Waals surface area contributed by atoms with Crippen molar-refractivity contribution >= 4 is 41.6 Å². The molecule has 4 atom stereocenters. The van der Waals surface area contributed by atoms with Crippen LogP contribution in [0.15, 0.2) is 4.99 Å². The molecule has 0 fully saturated rings. The average molecular weight is 518 g/mol. The predicted molar refractivity (Wildman–Crippen MR) is 125 cm³/mol. The zero-order valence-electron chi connectivity index (χ0n) is 20.1. The summed E-state index contributed by atoms with van der Waals surface area (Å²) in [5.74, 6) is -7.49. The lowest BCUT2D eigenvalue weighted by Gasteiger charge is -2.26. The molecule has 3 amide bonds. The molecule has 0 aliphatic rings. The first-order valence-electron chi connectivity index (χ1n) is 11.0. The monoisotopic (exact) mass is 517 g/mol. The van der Waals surface area contributed by atoms with Gasteiger partial charge in [0.1, 0.15) is 18.1 Å². The highest BCUT2D eigenvalue weighted by molar-refractivity contribution is 5.95. The summed E-state index contributed by atoms with van der Waals surface area (Å²) in [6.07, 6.45) is -1.29. The number of carboxylic acids is 3. The molecule has 0 aromatic carbocycles. The minimum Gasteiger partial charge on any atom is -0.481 e. The van der Waals surface area contributed by atoms with E-state index in [0.29, 0.717) is 0 Å². The van der Waals surface area contributed by atoms with Gasteiger partial charge in [-0.2, -0.15) is 0 Å². The Bertz CT molecular complexity index is 843. The smallest absolute Gasteiger partial charge is 0.326 e. The largest absolute Gasteiger partial charge is 0.481 e. The molecule has 0 bridgehead atoms. The summed E-state index contributed by atoms with van der Waals surface area (Å²) in [7, 11) is 0. The maximum Gasteiger partial charge on any atom is 0.326 e. The molecule has 0 saturated heterocycles. The first kappa shape index (κ1) is 32.0. The van der Waals surface area contributed by atoms with Gasteiger partial charge in [0.15, 0.2) is 5.96 Å². The van der Waals surface area contributed by atoms with Crippen LogP contribution in [0.25, 0.3) is 0 Å². The first-order valence-corrected chi connectivity index (χ1v) is 11.0. The molecular formula is C20H35N7O9. The van der Waals surface area contributed by atoms with E-state index in [1.807, 2.05) is 0 Å². The van der Waals surface area contributed by atoms with E-state index in [1.54, 1.807) is 13.8 Å². The zero-order valence-corrected chi connectivity index (χ0v) is 20.1. The third kappa shape index (κ3) is 13.1. The number of aliphatic carboxylic acids is 3. The Balaban J connectivity index is 5.38. The minimum atomic E-state index is -1.63. The fourth-order valence-corrected chi connectivity index (χ4v) is 2.88. The second-order valence-corrected chi connectivity index (χ2v) is 8.28. The number of guanidine groups is 1. The molecule has 0 aliphatic carbocycles. The van der Waals surface area contributed by atoms with E-state index in [9.17, 15) is 33.9 Å². The standard InChI is InChI=1S/C20H35N7O9/c1-9(2)15(18(34)25-11(19(35)36)4-3-7-24-20(22)23)27-17(33)12(8-14(30)31)26-16(32)10(21)5-6-13(28)29/h9-12,15H,3-8,21H2,1-2H3,(H,25,34)(H,26,32)(H,27,33)(H,28,29)(H,30,31)(H,35,36)(H4,22,23,24). The Labute approximate surface area is 207 Å². The number of carboxylic acid groups (broad SMARTS) is 3. The van der Waals surface area contributed by atoms with Gasteiger partial charge in [0, 0.05) is 13.0 Å². The van der Waals surface area contributed by atoms with Gasteiger partial charge in [0.05, 0.1) is 12.5 Å². The number of nitrogens with zero attached hydrogens (tertiary/aromatic N) is 1. The van der Waals surface area contributed by atoms with Gasteiger partial charge in [-0.15, -0.1) is 0 Å². The van der Waals surface area contributed by atoms with Gasteiger partial charge in [-0.25, -0.2) is 4.79 Å². The van der Waals surface area contributed by atoms with Crippen molar-refractivity contribution < 1.29 is 44.1 Å². The number of nitrogens with two attached hydrogens (primary N) is 3. The van der Waals surface area contributed by atoms with Crippen molar-refractivity contribution in [1.82, 2.24) is 16.0 Å². The number of carbonyl (C=O) groups excluding carboxylic acids is 3. The van der Waals surface area contributed by atoms with Gasteiger partial charge in [-0.3, -0.25) is 29.0 Å². The molecule has 36 heavy (non-hydrogen) atoms. The lowest BCUT2D eigenvalue weighted by molar-refractivity contribution is -0.143. The van der Waals surface area contributed by atoms with Crippen molar-refractivity contribution in [3.63, 3.8) is 0 Å². The number of hydrogen-bond acceptors (Lipinski definition) is 8. The molecule has 0 spiro atoms. The van der Waals surface area contributed by atoms with Crippen LogP contribution in [0.2, 0.25) is 0 Å². The second-order valence-electron chi connectivity index (χ2n) is 8.28. The Morgan fingerprint density at radius 2 is 1.39 bits per heavy atom. The molecular weight excluding hydrogens is 482 g/mol. The van der Waals surface area contributed by atoms with Crippen LogP contribution in [-0.2, 0) is 28.8 Å².